The molecule has 8 nitrogen and oxygen atoms in total. The molecule has 2 aromatic rings. The summed E-state index contributed by atoms with van der Waals surface area (Å²) in [5.41, 5.74) is 3.68. The molecule has 186 valence electrons. The minimum atomic E-state index is -0.825. The second-order valence-corrected chi connectivity index (χ2v) is 9.38. The van der Waals surface area contributed by atoms with Crippen LogP contribution in [-0.4, -0.2) is 61.6 Å². The van der Waals surface area contributed by atoms with E-state index < -0.39 is 5.97 Å². The van der Waals surface area contributed by atoms with E-state index in [2.05, 4.69) is 5.32 Å². The monoisotopic (exact) mass is 499 g/mol. The van der Waals surface area contributed by atoms with Gasteiger partial charge in [0.2, 0.25) is 0 Å². The highest BCUT2D eigenvalue weighted by molar-refractivity contribution is 6.30. The SMILES string of the molecule is COc1cc2c(cc1OC)C(CC1CN(C(=O)Nc3cccc(Cl)c3)CCC1CC(=O)O)=NCC2. The number of aliphatic imine (C=N–C) groups is 1. The molecule has 0 aromatic heterocycles. The molecule has 0 saturated carbocycles. The number of piperidine rings is 1. The van der Waals surface area contributed by atoms with Crippen molar-refractivity contribution in [3.8, 4) is 11.5 Å². The first kappa shape index (κ1) is 24.9. The predicted molar refractivity (Wildman–Crippen MR) is 135 cm³/mol. The van der Waals surface area contributed by atoms with E-state index in [1.54, 1.807) is 43.4 Å². The quantitative estimate of drug-likeness (QED) is 0.573. The smallest absolute Gasteiger partial charge is 0.321 e. The fourth-order valence-electron chi connectivity index (χ4n) is 4.97. The minimum Gasteiger partial charge on any atom is -0.493 e. The number of amides is 2. The third-order valence-corrected chi connectivity index (χ3v) is 6.99. The first-order valence-electron chi connectivity index (χ1n) is 11.7. The van der Waals surface area contributed by atoms with Gasteiger partial charge in [-0.3, -0.25) is 9.79 Å². The molecular formula is C26H30ClN3O5. The highest BCUT2D eigenvalue weighted by Gasteiger charge is 2.34. The Labute approximate surface area is 209 Å². The van der Waals surface area contributed by atoms with E-state index in [0.717, 1.165) is 23.3 Å². The molecule has 2 N–H and O–H groups in total. The maximum atomic E-state index is 13.0. The summed E-state index contributed by atoms with van der Waals surface area (Å²) >= 11 is 6.04. The second-order valence-electron chi connectivity index (χ2n) is 8.94. The maximum Gasteiger partial charge on any atom is 0.321 e. The summed E-state index contributed by atoms with van der Waals surface area (Å²) in [4.78, 5) is 31.1. The van der Waals surface area contributed by atoms with Crippen molar-refractivity contribution >= 4 is 35.0 Å². The van der Waals surface area contributed by atoms with Gasteiger partial charge in [-0.15, -0.1) is 0 Å². The third kappa shape index (κ3) is 5.88. The van der Waals surface area contributed by atoms with Gasteiger partial charge in [-0.05, 0) is 67.0 Å². The number of fused-ring (bicyclic) bond motifs is 1. The van der Waals surface area contributed by atoms with Gasteiger partial charge < -0.3 is 24.8 Å². The molecule has 2 unspecified atom stereocenters. The second kappa shape index (κ2) is 11.0. The van der Waals surface area contributed by atoms with Gasteiger partial charge in [-0.25, -0.2) is 4.79 Å². The molecule has 4 rings (SSSR count). The summed E-state index contributed by atoms with van der Waals surface area (Å²) in [7, 11) is 3.22. The van der Waals surface area contributed by atoms with Crippen molar-refractivity contribution in [3.63, 3.8) is 0 Å². The molecule has 2 atom stereocenters. The number of anilines is 1. The number of hydrogen-bond acceptors (Lipinski definition) is 5. The molecule has 2 aliphatic rings. The fraction of sp³-hybridized carbons (Fsp3) is 0.423. The molecule has 2 aliphatic heterocycles. The standard InChI is InChI=1S/C26H30ClN3O5/c1-34-23-11-17-6-8-28-22(21(17)14-24(23)35-2)10-18-15-30(9-7-16(18)12-25(31)32)26(33)29-20-5-3-4-19(27)13-20/h3-5,11,13-14,16,18H,6-10,12,15H2,1-2H3,(H,29,33)(H,31,32). The van der Waals surface area contributed by atoms with Crippen LogP contribution in [0.1, 0.15) is 30.4 Å². The van der Waals surface area contributed by atoms with Crippen molar-refractivity contribution in [2.45, 2.75) is 25.7 Å². The molecule has 2 amide bonds. The molecule has 1 fully saturated rings. The number of methoxy groups -OCH3 is 2. The summed E-state index contributed by atoms with van der Waals surface area (Å²) in [6.45, 7) is 1.61. The summed E-state index contributed by atoms with van der Waals surface area (Å²) < 4.78 is 11.0. The molecule has 9 heteroatoms. The van der Waals surface area contributed by atoms with Crippen LogP contribution in [0.15, 0.2) is 41.4 Å². The summed E-state index contributed by atoms with van der Waals surface area (Å²) in [5.74, 6) is 0.403. The summed E-state index contributed by atoms with van der Waals surface area (Å²) in [6, 6.07) is 10.7. The third-order valence-electron chi connectivity index (χ3n) is 6.75. The number of nitrogens with zero attached hydrogens (tertiary/aromatic N) is 2. The molecular weight excluding hydrogens is 470 g/mol. The molecule has 2 aromatic carbocycles. The number of hydrogen-bond donors (Lipinski definition) is 2. The van der Waals surface area contributed by atoms with Crippen LogP contribution >= 0.6 is 11.6 Å². The van der Waals surface area contributed by atoms with Crippen molar-refractivity contribution in [2.24, 2.45) is 16.8 Å². The molecule has 0 radical (unpaired) electrons. The van der Waals surface area contributed by atoms with Gasteiger partial charge in [0.25, 0.3) is 0 Å². The minimum absolute atomic E-state index is 0.0391. The lowest BCUT2D eigenvalue weighted by Gasteiger charge is -2.38. The highest BCUT2D eigenvalue weighted by atomic mass is 35.5. The van der Waals surface area contributed by atoms with E-state index >= 15 is 0 Å². The van der Waals surface area contributed by atoms with Gasteiger partial charge in [0.1, 0.15) is 0 Å². The number of likely N-dealkylation sites (tertiary alicyclic amines) is 1. The van der Waals surface area contributed by atoms with Crippen LogP contribution in [0.3, 0.4) is 0 Å². The number of nitrogens with one attached hydrogen (secondary N) is 1. The van der Waals surface area contributed by atoms with Crippen LogP contribution in [0.5, 0.6) is 11.5 Å². The lowest BCUT2D eigenvalue weighted by Crippen LogP contribution is -2.46. The van der Waals surface area contributed by atoms with E-state index in [4.69, 9.17) is 26.1 Å². The van der Waals surface area contributed by atoms with Crippen molar-refractivity contribution in [1.29, 1.82) is 0 Å². The number of urea groups is 1. The van der Waals surface area contributed by atoms with E-state index in [0.29, 0.717) is 54.7 Å². The molecule has 0 bridgehead atoms. The number of benzene rings is 2. The Hall–Kier alpha value is -3.26. The maximum absolute atomic E-state index is 13.0. The van der Waals surface area contributed by atoms with Crippen LogP contribution in [0.25, 0.3) is 0 Å². The summed E-state index contributed by atoms with van der Waals surface area (Å²) in [5, 5.41) is 12.9. The van der Waals surface area contributed by atoms with E-state index in [1.165, 1.54) is 0 Å². The first-order chi connectivity index (χ1) is 16.9. The average molecular weight is 500 g/mol. The number of carboxylic acids is 1. The van der Waals surface area contributed by atoms with E-state index in [1.807, 2.05) is 12.1 Å². The number of aliphatic carboxylic acids is 1. The zero-order chi connectivity index (χ0) is 24.9. The first-order valence-corrected chi connectivity index (χ1v) is 12.1. The van der Waals surface area contributed by atoms with E-state index in [-0.39, 0.29) is 24.3 Å². The Balaban J connectivity index is 1.54. The van der Waals surface area contributed by atoms with Gasteiger partial charge in [-0.1, -0.05) is 17.7 Å². The summed E-state index contributed by atoms with van der Waals surface area (Å²) in [6.07, 6.45) is 2.07. The Morgan fingerprint density at radius 2 is 1.94 bits per heavy atom. The number of carbonyl (C=O) groups excluding carboxylic acids is 1. The zero-order valence-corrected chi connectivity index (χ0v) is 20.7. The molecule has 0 aliphatic carbocycles. The largest absolute Gasteiger partial charge is 0.493 e. The lowest BCUT2D eigenvalue weighted by atomic mass is 9.78. The fourth-order valence-corrected chi connectivity index (χ4v) is 5.16. The number of ether oxygens (including phenoxy) is 2. The van der Waals surface area contributed by atoms with Gasteiger partial charge in [-0.2, -0.15) is 0 Å². The Morgan fingerprint density at radius 1 is 1.17 bits per heavy atom. The Kier molecular flexibility index (Phi) is 7.80. The van der Waals surface area contributed by atoms with Crippen molar-refractivity contribution in [3.05, 3.63) is 52.5 Å². The molecule has 2 heterocycles. The highest BCUT2D eigenvalue weighted by Crippen LogP contribution is 2.36. The number of halogens is 1. The van der Waals surface area contributed by atoms with Crippen LogP contribution in [0.4, 0.5) is 10.5 Å². The number of carboxylic acid groups (broad SMARTS) is 1. The Morgan fingerprint density at radius 3 is 2.66 bits per heavy atom. The predicted octanol–water partition coefficient (Wildman–Crippen LogP) is 4.74. The van der Waals surface area contributed by atoms with Crippen LogP contribution in [0, 0.1) is 11.8 Å². The molecule has 0 spiro atoms. The van der Waals surface area contributed by atoms with Crippen LogP contribution in [-0.2, 0) is 11.2 Å². The van der Waals surface area contributed by atoms with Crippen molar-refractivity contribution in [2.75, 3.05) is 39.2 Å². The van der Waals surface area contributed by atoms with Gasteiger partial charge in [0.15, 0.2) is 11.5 Å². The Bertz CT molecular complexity index is 1140. The van der Waals surface area contributed by atoms with Gasteiger partial charge in [0, 0.05) is 48.0 Å². The average Bonchev–Trinajstić information content (AvgIpc) is 2.84. The molecule has 35 heavy (non-hydrogen) atoms. The number of rotatable bonds is 7. The normalized spacial score (nSPS) is 19.4. The van der Waals surface area contributed by atoms with Gasteiger partial charge in [0.05, 0.1) is 14.2 Å². The van der Waals surface area contributed by atoms with Crippen LogP contribution in [0.2, 0.25) is 5.02 Å². The van der Waals surface area contributed by atoms with Crippen molar-refractivity contribution in [1.82, 2.24) is 4.90 Å². The topological polar surface area (TPSA) is 100 Å². The lowest BCUT2D eigenvalue weighted by molar-refractivity contribution is -0.138. The van der Waals surface area contributed by atoms with Gasteiger partial charge >= 0.3 is 12.0 Å². The molecule has 1 saturated heterocycles. The number of carbonyl (C=O) groups is 2. The zero-order valence-electron chi connectivity index (χ0n) is 19.9. The van der Waals surface area contributed by atoms with Crippen LogP contribution < -0.4 is 14.8 Å². The van der Waals surface area contributed by atoms with E-state index in [9.17, 15) is 14.7 Å². The van der Waals surface area contributed by atoms with Crippen molar-refractivity contribution < 1.29 is 24.2 Å².